The summed E-state index contributed by atoms with van der Waals surface area (Å²) in [6.07, 6.45) is 4.75. The van der Waals surface area contributed by atoms with Crippen LogP contribution in [0.1, 0.15) is 12.1 Å². The summed E-state index contributed by atoms with van der Waals surface area (Å²) in [4.78, 5) is 4.19. The zero-order chi connectivity index (χ0) is 11.9. The highest BCUT2D eigenvalue weighted by Gasteiger charge is 2.16. The number of methoxy groups -OCH3 is 1. The Kier molecular flexibility index (Phi) is 4.63. The van der Waals surface area contributed by atoms with Crippen LogP contribution < -0.4 is 0 Å². The van der Waals surface area contributed by atoms with Gasteiger partial charge in [0.25, 0.3) is 0 Å². The summed E-state index contributed by atoms with van der Waals surface area (Å²) in [7, 11) is 1.66. The molecule has 2 heterocycles. The zero-order valence-electron chi connectivity index (χ0n) is 10.1. The average molecular weight is 238 g/mol. The summed E-state index contributed by atoms with van der Waals surface area (Å²) in [5.41, 5.74) is 0.792. The van der Waals surface area contributed by atoms with E-state index in [0.29, 0.717) is 19.1 Å². The maximum Gasteiger partial charge on any atom is 0.123 e. The monoisotopic (exact) mass is 238 g/mol. The summed E-state index contributed by atoms with van der Waals surface area (Å²) in [6.45, 7) is 3.85. The van der Waals surface area contributed by atoms with Crippen LogP contribution in [0.3, 0.4) is 0 Å². The second kappa shape index (κ2) is 6.46. The molecule has 1 aromatic rings. The second-order valence-corrected chi connectivity index (χ2v) is 4.12. The fourth-order valence-electron chi connectivity index (χ4n) is 1.76. The van der Waals surface area contributed by atoms with Gasteiger partial charge in [-0.3, -0.25) is 9.67 Å². The first kappa shape index (κ1) is 12.2. The summed E-state index contributed by atoms with van der Waals surface area (Å²) in [5, 5.41) is 8.11. The van der Waals surface area contributed by atoms with Crippen LogP contribution in [0.25, 0.3) is 0 Å². The van der Waals surface area contributed by atoms with Gasteiger partial charge in [0.05, 0.1) is 32.2 Å². The largest absolute Gasteiger partial charge is 0.383 e. The summed E-state index contributed by atoms with van der Waals surface area (Å²) < 4.78 is 12.1. The lowest BCUT2D eigenvalue weighted by Gasteiger charge is -2.05. The highest BCUT2D eigenvalue weighted by atomic mass is 16.5. The van der Waals surface area contributed by atoms with Crippen LogP contribution in [0.2, 0.25) is 0 Å². The molecule has 0 amide bonds. The molecular formula is C11H18N4O2. The van der Waals surface area contributed by atoms with Crippen LogP contribution in [0.15, 0.2) is 11.2 Å². The maximum atomic E-state index is 5.33. The normalized spacial score (nSPS) is 20.4. The van der Waals surface area contributed by atoms with Gasteiger partial charge in [-0.15, -0.1) is 5.10 Å². The van der Waals surface area contributed by atoms with Crippen molar-refractivity contribution in [3.63, 3.8) is 0 Å². The standard InChI is InChI=1S/C11H18N4O2/c1-16-5-3-12-6-11-8-15(14-13-11)7-10-2-4-17-9-10/h6,8,10H,2-5,7,9H2,1H3/t10-/m0/s1. The predicted octanol–water partition coefficient (Wildman–Crippen LogP) is 0.380. The average Bonchev–Trinajstić information content (AvgIpc) is 2.97. The van der Waals surface area contributed by atoms with Gasteiger partial charge in [0.2, 0.25) is 0 Å². The Labute approximate surface area is 101 Å². The van der Waals surface area contributed by atoms with Crippen LogP contribution in [0.4, 0.5) is 0 Å². The lowest BCUT2D eigenvalue weighted by molar-refractivity contribution is 0.181. The van der Waals surface area contributed by atoms with Crippen LogP contribution >= 0.6 is 0 Å². The van der Waals surface area contributed by atoms with Crippen molar-refractivity contribution in [1.29, 1.82) is 0 Å². The van der Waals surface area contributed by atoms with Gasteiger partial charge in [-0.05, 0) is 6.42 Å². The van der Waals surface area contributed by atoms with Crippen molar-refractivity contribution >= 4 is 6.21 Å². The van der Waals surface area contributed by atoms with Gasteiger partial charge >= 0.3 is 0 Å². The Morgan fingerprint density at radius 1 is 1.71 bits per heavy atom. The molecule has 6 nitrogen and oxygen atoms in total. The van der Waals surface area contributed by atoms with Gasteiger partial charge in [0.15, 0.2) is 0 Å². The van der Waals surface area contributed by atoms with E-state index < -0.39 is 0 Å². The van der Waals surface area contributed by atoms with Gasteiger partial charge in [-0.1, -0.05) is 5.21 Å². The number of aliphatic imine (C=N–C) groups is 1. The lowest BCUT2D eigenvalue weighted by Crippen LogP contribution is -2.11. The number of rotatable bonds is 6. The van der Waals surface area contributed by atoms with E-state index in [4.69, 9.17) is 9.47 Å². The highest BCUT2D eigenvalue weighted by molar-refractivity contribution is 5.76. The molecule has 1 aliphatic rings. The van der Waals surface area contributed by atoms with Crippen molar-refractivity contribution in [2.75, 3.05) is 33.5 Å². The molecule has 17 heavy (non-hydrogen) atoms. The quantitative estimate of drug-likeness (QED) is 0.531. The van der Waals surface area contributed by atoms with E-state index in [1.807, 2.05) is 10.9 Å². The summed E-state index contributed by atoms with van der Waals surface area (Å²) in [5.74, 6) is 0.565. The maximum absolute atomic E-state index is 5.33. The van der Waals surface area contributed by atoms with E-state index in [1.165, 1.54) is 0 Å². The number of hydrogen-bond acceptors (Lipinski definition) is 5. The molecule has 6 heteroatoms. The second-order valence-electron chi connectivity index (χ2n) is 4.12. The fourth-order valence-corrected chi connectivity index (χ4v) is 1.76. The molecule has 0 aromatic carbocycles. The zero-order valence-corrected chi connectivity index (χ0v) is 10.1. The van der Waals surface area contributed by atoms with E-state index in [0.717, 1.165) is 31.9 Å². The minimum absolute atomic E-state index is 0.565. The van der Waals surface area contributed by atoms with Crippen molar-refractivity contribution in [2.24, 2.45) is 10.9 Å². The van der Waals surface area contributed by atoms with Gasteiger partial charge in [-0.25, -0.2) is 0 Å². The molecule has 0 saturated carbocycles. The van der Waals surface area contributed by atoms with E-state index >= 15 is 0 Å². The molecule has 0 spiro atoms. The number of hydrogen-bond donors (Lipinski definition) is 0. The lowest BCUT2D eigenvalue weighted by atomic mass is 10.1. The van der Waals surface area contributed by atoms with Crippen molar-refractivity contribution in [3.8, 4) is 0 Å². The van der Waals surface area contributed by atoms with Gasteiger partial charge in [-0.2, -0.15) is 0 Å². The Hall–Kier alpha value is -1.27. The van der Waals surface area contributed by atoms with Gasteiger partial charge < -0.3 is 9.47 Å². The third kappa shape index (κ3) is 3.90. The van der Waals surface area contributed by atoms with E-state index in [-0.39, 0.29) is 0 Å². The molecule has 0 radical (unpaired) electrons. The molecule has 0 bridgehead atoms. The first-order valence-corrected chi connectivity index (χ1v) is 5.85. The molecule has 0 N–H and O–H groups in total. The van der Waals surface area contributed by atoms with Crippen molar-refractivity contribution in [1.82, 2.24) is 15.0 Å². The Morgan fingerprint density at radius 2 is 2.65 bits per heavy atom. The topological polar surface area (TPSA) is 61.5 Å². The van der Waals surface area contributed by atoms with Crippen LogP contribution in [-0.2, 0) is 16.0 Å². The van der Waals surface area contributed by atoms with Crippen molar-refractivity contribution in [3.05, 3.63) is 11.9 Å². The number of nitrogens with zero attached hydrogens (tertiary/aromatic N) is 4. The first-order chi connectivity index (χ1) is 8.38. The third-order valence-electron chi connectivity index (χ3n) is 2.67. The van der Waals surface area contributed by atoms with Gasteiger partial charge in [0, 0.05) is 26.2 Å². The molecular weight excluding hydrogens is 220 g/mol. The van der Waals surface area contributed by atoms with E-state index in [2.05, 4.69) is 15.3 Å². The molecule has 1 aromatic heterocycles. The molecule has 2 rings (SSSR count). The molecule has 0 unspecified atom stereocenters. The van der Waals surface area contributed by atoms with Crippen LogP contribution in [-0.4, -0.2) is 54.7 Å². The molecule has 1 fully saturated rings. The first-order valence-electron chi connectivity index (χ1n) is 5.85. The Balaban J connectivity index is 1.80. The molecule has 1 aliphatic heterocycles. The minimum Gasteiger partial charge on any atom is -0.383 e. The van der Waals surface area contributed by atoms with Gasteiger partial charge in [0.1, 0.15) is 5.69 Å². The predicted molar refractivity (Wildman–Crippen MR) is 63.3 cm³/mol. The van der Waals surface area contributed by atoms with E-state index in [1.54, 1.807) is 13.3 Å². The summed E-state index contributed by atoms with van der Waals surface area (Å²) >= 11 is 0. The Bertz CT molecular complexity index is 358. The molecule has 1 atom stereocenters. The minimum atomic E-state index is 0.565. The summed E-state index contributed by atoms with van der Waals surface area (Å²) in [6, 6.07) is 0. The Morgan fingerprint density at radius 3 is 3.41 bits per heavy atom. The van der Waals surface area contributed by atoms with Crippen LogP contribution in [0, 0.1) is 5.92 Å². The smallest absolute Gasteiger partial charge is 0.123 e. The van der Waals surface area contributed by atoms with Crippen molar-refractivity contribution in [2.45, 2.75) is 13.0 Å². The van der Waals surface area contributed by atoms with E-state index in [9.17, 15) is 0 Å². The van der Waals surface area contributed by atoms with Crippen molar-refractivity contribution < 1.29 is 9.47 Å². The SMILES string of the molecule is COCCN=Cc1cn(C[C@@H]2CCOC2)nn1. The highest BCUT2D eigenvalue weighted by Crippen LogP contribution is 2.13. The molecule has 94 valence electrons. The fraction of sp³-hybridized carbons (Fsp3) is 0.727. The molecule has 0 aliphatic carbocycles. The number of aromatic nitrogens is 3. The molecule has 1 saturated heterocycles. The third-order valence-corrected chi connectivity index (χ3v) is 2.67. The number of ether oxygens (including phenoxy) is 2. The van der Waals surface area contributed by atoms with Crippen LogP contribution in [0.5, 0.6) is 0 Å².